The van der Waals surface area contributed by atoms with Gasteiger partial charge in [-0.25, -0.2) is 4.98 Å². The first-order valence-corrected chi connectivity index (χ1v) is 9.86. The van der Waals surface area contributed by atoms with E-state index in [1.54, 1.807) is 12.3 Å². The minimum atomic E-state index is -0.0834. The molecule has 0 atom stereocenters. The van der Waals surface area contributed by atoms with E-state index in [1.807, 2.05) is 30.3 Å². The van der Waals surface area contributed by atoms with Crippen molar-refractivity contribution in [2.75, 3.05) is 16.8 Å². The Labute approximate surface area is 164 Å². The highest BCUT2D eigenvalue weighted by Gasteiger charge is 2.05. The van der Waals surface area contributed by atoms with Crippen molar-refractivity contribution in [2.24, 2.45) is 0 Å². The van der Waals surface area contributed by atoms with E-state index in [-0.39, 0.29) is 11.8 Å². The van der Waals surface area contributed by atoms with Crippen molar-refractivity contribution in [3.05, 3.63) is 57.8 Å². The van der Waals surface area contributed by atoms with Crippen LogP contribution in [0.3, 0.4) is 0 Å². The molecule has 25 heavy (non-hydrogen) atoms. The van der Waals surface area contributed by atoms with Gasteiger partial charge < -0.3 is 10.6 Å². The van der Waals surface area contributed by atoms with Gasteiger partial charge in [-0.2, -0.15) is 11.8 Å². The molecule has 2 N–H and O–H groups in total. The van der Waals surface area contributed by atoms with Crippen LogP contribution in [0, 0.1) is 0 Å². The third-order valence-corrected chi connectivity index (χ3v) is 4.82. The molecule has 0 aliphatic carbocycles. The van der Waals surface area contributed by atoms with Crippen LogP contribution >= 0.6 is 39.3 Å². The molecule has 2 amide bonds. The molecular formula is C17H17BrClN3O2S. The van der Waals surface area contributed by atoms with Crippen molar-refractivity contribution in [3.63, 3.8) is 0 Å². The van der Waals surface area contributed by atoms with Crippen LogP contribution in [0.15, 0.2) is 47.1 Å². The van der Waals surface area contributed by atoms with Crippen LogP contribution in [0.2, 0.25) is 5.15 Å². The van der Waals surface area contributed by atoms with Gasteiger partial charge in [-0.15, -0.1) is 0 Å². The summed E-state index contributed by atoms with van der Waals surface area (Å²) >= 11 is 10.5. The van der Waals surface area contributed by atoms with Crippen LogP contribution < -0.4 is 10.6 Å². The maximum Gasteiger partial charge on any atom is 0.234 e. The summed E-state index contributed by atoms with van der Waals surface area (Å²) in [5.41, 5.74) is 1.64. The molecule has 0 aliphatic heterocycles. The third-order valence-electron chi connectivity index (χ3n) is 3.11. The van der Waals surface area contributed by atoms with E-state index in [2.05, 4.69) is 31.5 Å². The number of pyridine rings is 1. The molecule has 0 fully saturated rings. The molecule has 0 bridgehead atoms. The second-order valence-corrected chi connectivity index (χ2v) is 7.53. The number of thioether (sulfide) groups is 1. The Morgan fingerprint density at radius 1 is 1.12 bits per heavy atom. The number of amides is 2. The predicted molar refractivity (Wildman–Crippen MR) is 106 cm³/mol. The van der Waals surface area contributed by atoms with Crippen molar-refractivity contribution < 1.29 is 9.59 Å². The molecule has 0 aliphatic rings. The largest absolute Gasteiger partial charge is 0.352 e. The second kappa shape index (κ2) is 10.4. The normalized spacial score (nSPS) is 10.3. The Morgan fingerprint density at radius 3 is 2.56 bits per heavy atom. The lowest BCUT2D eigenvalue weighted by Crippen LogP contribution is -2.23. The van der Waals surface area contributed by atoms with Crippen LogP contribution in [0.25, 0.3) is 0 Å². The van der Waals surface area contributed by atoms with Gasteiger partial charge in [-0.1, -0.05) is 33.6 Å². The first-order valence-electron chi connectivity index (χ1n) is 7.53. The fourth-order valence-electron chi connectivity index (χ4n) is 1.86. The Kier molecular flexibility index (Phi) is 8.24. The van der Waals surface area contributed by atoms with E-state index in [0.29, 0.717) is 29.6 Å². The van der Waals surface area contributed by atoms with Gasteiger partial charge in [-0.3, -0.25) is 9.59 Å². The molecule has 0 spiro atoms. The highest BCUT2D eigenvalue weighted by Crippen LogP contribution is 2.14. The summed E-state index contributed by atoms with van der Waals surface area (Å²) in [5.74, 6) is 0.749. The lowest BCUT2D eigenvalue weighted by Gasteiger charge is -2.06. The van der Waals surface area contributed by atoms with Crippen molar-refractivity contribution in [1.29, 1.82) is 0 Å². The molecule has 1 heterocycles. The topological polar surface area (TPSA) is 71.1 Å². The minimum Gasteiger partial charge on any atom is -0.352 e. The Bertz CT molecular complexity index is 711. The molecule has 1 aromatic carbocycles. The standard InChI is InChI=1S/C17H17BrClN3O2S/c18-13-2-4-14(5-3-13)22-17(24)11-25-8-7-16(23)21-10-12-1-6-15(19)20-9-12/h1-6,9H,7-8,10-11H2,(H,21,23)(H,22,24). The van der Waals surface area contributed by atoms with Gasteiger partial charge in [0.2, 0.25) is 11.8 Å². The predicted octanol–water partition coefficient (Wildman–Crippen LogP) is 3.88. The van der Waals surface area contributed by atoms with E-state index >= 15 is 0 Å². The maximum absolute atomic E-state index is 11.8. The SMILES string of the molecule is O=C(CCSCC(=O)Nc1ccc(Br)cc1)NCc1ccc(Cl)nc1. The lowest BCUT2D eigenvalue weighted by atomic mass is 10.3. The van der Waals surface area contributed by atoms with Gasteiger partial charge in [0.25, 0.3) is 0 Å². The molecule has 0 unspecified atom stereocenters. The van der Waals surface area contributed by atoms with E-state index in [9.17, 15) is 9.59 Å². The van der Waals surface area contributed by atoms with E-state index in [0.717, 1.165) is 15.7 Å². The van der Waals surface area contributed by atoms with Crippen LogP contribution in [-0.4, -0.2) is 28.3 Å². The summed E-state index contributed by atoms with van der Waals surface area (Å²) in [6, 6.07) is 10.9. The number of nitrogens with one attached hydrogen (secondary N) is 2. The van der Waals surface area contributed by atoms with Gasteiger partial charge in [0.15, 0.2) is 0 Å². The van der Waals surface area contributed by atoms with E-state index in [1.165, 1.54) is 11.8 Å². The smallest absolute Gasteiger partial charge is 0.234 e. The highest BCUT2D eigenvalue weighted by atomic mass is 79.9. The summed E-state index contributed by atoms with van der Waals surface area (Å²) in [7, 11) is 0. The number of anilines is 1. The van der Waals surface area contributed by atoms with Gasteiger partial charge in [0.1, 0.15) is 5.15 Å². The fourth-order valence-corrected chi connectivity index (χ4v) is 2.97. The molecule has 2 aromatic rings. The summed E-state index contributed by atoms with van der Waals surface area (Å²) < 4.78 is 0.959. The quantitative estimate of drug-likeness (QED) is 0.481. The Hall–Kier alpha value is -1.57. The number of hydrogen-bond acceptors (Lipinski definition) is 4. The molecule has 5 nitrogen and oxygen atoms in total. The van der Waals surface area contributed by atoms with Crippen molar-refractivity contribution in [2.45, 2.75) is 13.0 Å². The molecule has 8 heteroatoms. The summed E-state index contributed by atoms with van der Waals surface area (Å²) in [5, 5.41) is 6.04. The number of aromatic nitrogens is 1. The average molecular weight is 443 g/mol. The summed E-state index contributed by atoms with van der Waals surface area (Å²) in [4.78, 5) is 27.5. The zero-order valence-corrected chi connectivity index (χ0v) is 16.5. The van der Waals surface area contributed by atoms with E-state index < -0.39 is 0 Å². The number of carbonyl (C=O) groups is 2. The second-order valence-electron chi connectivity index (χ2n) is 5.12. The number of benzene rings is 1. The lowest BCUT2D eigenvalue weighted by molar-refractivity contribution is -0.120. The zero-order chi connectivity index (χ0) is 18.1. The van der Waals surface area contributed by atoms with Crippen LogP contribution in [0.4, 0.5) is 5.69 Å². The fraction of sp³-hybridized carbons (Fsp3) is 0.235. The van der Waals surface area contributed by atoms with E-state index in [4.69, 9.17) is 11.6 Å². The highest BCUT2D eigenvalue weighted by molar-refractivity contribution is 9.10. The first-order chi connectivity index (χ1) is 12.0. The number of hydrogen-bond donors (Lipinski definition) is 2. The maximum atomic E-state index is 11.8. The number of carbonyl (C=O) groups excluding carboxylic acids is 2. The number of nitrogens with zero attached hydrogens (tertiary/aromatic N) is 1. The zero-order valence-electron chi connectivity index (χ0n) is 13.3. The van der Waals surface area contributed by atoms with Crippen LogP contribution in [0.1, 0.15) is 12.0 Å². The first kappa shape index (κ1) is 19.8. The molecule has 132 valence electrons. The third kappa shape index (κ3) is 7.90. The van der Waals surface area contributed by atoms with Crippen LogP contribution in [0.5, 0.6) is 0 Å². The molecule has 0 saturated carbocycles. The average Bonchev–Trinajstić information content (AvgIpc) is 2.60. The molecule has 1 aromatic heterocycles. The van der Waals surface area contributed by atoms with Gasteiger partial charge >= 0.3 is 0 Å². The molecule has 2 rings (SSSR count). The Balaban J connectivity index is 1.58. The summed E-state index contributed by atoms with van der Waals surface area (Å²) in [6.45, 7) is 0.414. The summed E-state index contributed by atoms with van der Waals surface area (Å²) in [6.07, 6.45) is 1.99. The number of halogens is 2. The minimum absolute atomic E-state index is 0.0595. The van der Waals surface area contributed by atoms with Crippen LogP contribution in [-0.2, 0) is 16.1 Å². The van der Waals surface area contributed by atoms with Gasteiger partial charge in [0, 0.05) is 35.1 Å². The molecule has 0 radical (unpaired) electrons. The van der Waals surface area contributed by atoms with Crippen molar-refractivity contribution in [1.82, 2.24) is 10.3 Å². The number of rotatable bonds is 8. The molecule has 0 saturated heterocycles. The Morgan fingerprint density at radius 2 is 1.88 bits per heavy atom. The van der Waals surface area contributed by atoms with Crippen molar-refractivity contribution >= 4 is 56.8 Å². The monoisotopic (exact) mass is 441 g/mol. The van der Waals surface area contributed by atoms with Crippen molar-refractivity contribution in [3.8, 4) is 0 Å². The van der Waals surface area contributed by atoms with Gasteiger partial charge in [0.05, 0.1) is 5.75 Å². The molecular weight excluding hydrogens is 426 g/mol. The van der Waals surface area contributed by atoms with Gasteiger partial charge in [-0.05, 0) is 35.9 Å².